The highest BCUT2D eigenvalue weighted by Crippen LogP contribution is 2.28. The van der Waals surface area contributed by atoms with Crippen molar-refractivity contribution < 1.29 is 12.8 Å². The molecule has 0 saturated carbocycles. The van der Waals surface area contributed by atoms with Gasteiger partial charge in [-0.1, -0.05) is 11.6 Å². The summed E-state index contributed by atoms with van der Waals surface area (Å²) in [5, 5.41) is 8.06. The Morgan fingerprint density at radius 3 is 2.45 bits per heavy atom. The van der Waals surface area contributed by atoms with Crippen LogP contribution in [0.15, 0.2) is 41.3 Å². The average Bonchev–Trinajstić information content (AvgIpc) is 2.31. The highest BCUT2D eigenvalue weighted by atomic mass is 35.5. The van der Waals surface area contributed by atoms with E-state index in [0.717, 1.165) is 6.07 Å². The first-order valence-electron chi connectivity index (χ1n) is 5.41. The van der Waals surface area contributed by atoms with Gasteiger partial charge < -0.3 is 11.1 Å². The van der Waals surface area contributed by atoms with E-state index in [0.29, 0.717) is 11.4 Å². The van der Waals surface area contributed by atoms with Gasteiger partial charge in [0.2, 0.25) is 10.0 Å². The lowest BCUT2D eigenvalue weighted by atomic mass is 10.2. The Morgan fingerprint density at radius 2 is 1.85 bits per heavy atom. The maximum atomic E-state index is 12.9. The maximum Gasteiger partial charge on any atom is 0.238 e. The van der Waals surface area contributed by atoms with Gasteiger partial charge in [0, 0.05) is 11.4 Å². The van der Waals surface area contributed by atoms with Crippen molar-refractivity contribution in [3.8, 4) is 0 Å². The molecule has 0 aliphatic carbocycles. The van der Waals surface area contributed by atoms with Crippen LogP contribution in [0.4, 0.5) is 21.5 Å². The normalized spacial score (nSPS) is 11.3. The number of hydrogen-bond donors (Lipinski definition) is 3. The smallest absolute Gasteiger partial charge is 0.238 e. The minimum Gasteiger partial charge on any atom is -0.399 e. The van der Waals surface area contributed by atoms with E-state index in [9.17, 15) is 12.8 Å². The number of nitrogen functional groups attached to an aromatic ring is 1. The van der Waals surface area contributed by atoms with E-state index in [1.165, 1.54) is 30.3 Å². The largest absolute Gasteiger partial charge is 0.399 e. The minimum atomic E-state index is -3.87. The Labute approximate surface area is 120 Å². The van der Waals surface area contributed by atoms with E-state index in [-0.39, 0.29) is 15.6 Å². The molecule has 2 aromatic carbocycles. The van der Waals surface area contributed by atoms with E-state index in [1.807, 2.05) is 0 Å². The Kier molecular flexibility index (Phi) is 3.85. The lowest BCUT2D eigenvalue weighted by molar-refractivity contribution is 0.598. The number of anilines is 3. The Balaban J connectivity index is 2.41. The van der Waals surface area contributed by atoms with Gasteiger partial charge in [-0.25, -0.2) is 17.9 Å². The van der Waals surface area contributed by atoms with Crippen LogP contribution in [0.2, 0.25) is 5.02 Å². The summed E-state index contributed by atoms with van der Waals surface area (Å²) in [7, 11) is -3.87. The number of nitrogens with two attached hydrogens (primary N) is 2. The van der Waals surface area contributed by atoms with Crippen molar-refractivity contribution in [2.75, 3.05) is 11.1 Å². The summed E-state index contributed by atoms with van der Waals surface area (Å²) in [4.78, 5) is -0.127. The first-order chi connectivity index (χ1) is 9.25. The molecule has 0 radical (unpaired) electrons. The van der Waals surface area contributed by atoms with Crippen LogP contribution in [0, 0.1) is 5.82 Å². The monoisotopic (exact) mass is 315 g/mol. The Bertz CT molecular complexity index is 765. The zero-order valence-electron chi connectivity index (χ0n) is 10.1. The molecule has 0 saturated heterocycles. The van der Waals surface area contributed by atoms with Crippen LogP contribution in [0.5, 0.6) is 0 Å². The van der Waals surface area contributed by atoms with E-state index < -0.39 is 15.8 Å². The van der Waals surface area contributed by atoms with Gasteiger partial charge in [0.25, 0.3) is 0 Å². The molecule has 2 rings (SSSR count). The first kappa shape index (κ1) is 14.6. The van der Waals surface area contributed by atoms with Gasteiger partial charge >= 0.3 is 0 Å². The molecule has 8 heteroatoms. The zero-order chi connectivity index (χ0) is 14.9. The summed E-state index contributed by atoms with van der Waals surface area (Å²) < 4.78 is 35.6. The van der Waals surface area contributed by atoms with Crippen LogP contribution in [0.3, 0.4) is 0 Å². The molecule has 0 atom stereocenters. The fourth-order valence-electron chi connectivity index (χ4n) is 1.60. The fourth-order valence-corrected chi connectivity index (χ4v) is 2.41. The number of rotatable bonds is 3. The molecule has 106 valence electrons. The van der Waals surface area contributed by atoms with E-state index in [2.05, 4.69) is 5.32 Å². The molecule has 5 nitrogen and oxygen atoms in total. The summed E-state index contributed by atoms with van der Waals surface area (Å²) >= 11 is 5.87. The number of benzene rings is 2. The van der Waals surface area contributed by atoms with Crippen molar-refractivity contribution in [3.05, 3.63) is 47.2 Å². The lowest BCUT2D eigenvalue weighted by Gasteiger charge is -2.10. The van der Waals surface area contributed by atoms with Crippen molar-refractivity contribution in [1.29, 1.82) is 0 Å². The van der Waals surface area contributed by atoms with Gasteiger partial charge in [0.1, 0.15) is 5.82 Å². The summed E-state index contributed by atoms with van der Waals surface area (Å²) in [6.07, 6.45) is 0. The highest BCUT2D eigenvalue weighted by molar-refractivity contribution is 7.89. The van der Waals surface area contributed by atoms with Crippen LogP contribution in [0.25, 0.3) is 0 Å². The SMILES string of the molecule is Nc1cc(Nc2ccc(F)cc2Cl)cc(S(N)(=O)=O)c1. The molecule has 0 bridgehead atoms. The summed E-state index contributed by atoms with van der Waals surface area (Å²) in [6, 6.07) is 7.85. The predicted molar refractivity (Wildman–Crippen MR) is 76.9 cm³/mol. The first-order valence-corrected chi connectivity index (χ1v) is 7.33. The molecule has 0 aliphatic rings. The second kappa shape index (κ2) is 5.28. The molecule has 5 N–H and O–H groups in total. The van der Waals surface area contributed by atoms with Crippen molar-refractivity contribution in [1.82, 2.24) is 0 Å². The lowest BCUT2D eigenvalue weighted by Crippen LogP contribution is -2.12. The molecule has 0 amide bonds. The molecule has 0 fully saturated rings. The number of nitrogens with one attached hydrogen (secondary N) is 1. The maximum absolute atomic E-state index is 12.9. The van der Waals surface area contributed by atoms with Crippen molar-refractivity contribution in [2.45, 2.75) is 4.90 Å². The number of hydrogen-bond acceptors (Lipinski definition) is 4. The topological polar surface area (TPSA) is 98.2 Å². The second-order valence-electron chi connectivity index (χ2n) is 4.08. The standard InChI is InChI=1S/C12H11ClFN3O2S/c13-11-3-7(14)1-2-12(11)17-9-4-8(15)5-10(6-9)20(16,18)19/h1-6,17H,15H2,(H2,16,18,19). The van der Waals surface area contributed by atoms with Crippen LogP contribution >= 0.6 is 11.6 Å². The molecule has 0 aliphatic heterocycles. The van der Waals surface area contributed by atoms with Gasteiger partial charge in [-0.3, -0.25) is 0 Å². The summed E-state index contributed by atoms with van der Waals surface area (Å²) in [6.45, 7) is 0. The minimum absolute atomic E-state index is 0.127. The molecule has 20 heavy (non-hydrogen) atoms. The third-order valence-corrected chi connectivity index (χ3v) is 3.67. The molecular weight excluding hydrogens is 305 g/mol. The van der Waals surface area contributed by atoms with Crippen LogP contribution in [-0.4, -0.2) is 8.42 Å². The second-order valence-corrected chi connectivity index (χ2v) is 6.05. The predicted octanol–water partition coefficient (Wildman–Crippen LogP) is 2.45. The quantitative estimate of drug-likeness (QED) is 0.758. The van der Waals surface area contributed by atoms with E-state index in [1.54, 1.807) is 0 Å². The number of sulfonamides is 1. The summed E-state index contributed by atoms with van der Waals surface area (Å²) in [5.74, 6) is -0.474. The zero-order valence-corrected chi connectivity index (χ0v) is 11.7. The number of halogens is 2. The Hall–Kier alpha value is -1.83. The molecule has 0 heterocycles. The van der Waals surface area contributed by atoms with Crippen LogP contribution in [-0.2, 0) is 10.0 Å². The number of primary sulfonamides is 1. The van der Waals surface area contributed by atoms with Gasteiger partial charge in [0.15, 0.2) is 0 Å². The third kappa shape index (κ3) is 3.38. The van der Waals surface area contributed by atoms with Gasteiger partial charge in [-0.15, -0.1) is 0 Å². The third-order valence-electron chi connectivity index (χ3n) is 2.47. The fraction of sp³-hybridized carbons (Fsp3) is 0. The molecule has 2 aromatic rings. The average molecular weight is 316 g/mol. The van der Waals surface area contributed by atoms with Crippen LogP contribution in [0.1, 0.15) is 0 Å². The Morgan fingerprint density at radius 1 is 1.15 bits per heavy atom. The van der Waals surface area contributed by atoms with Crippen molar-refractivity contribution >= 4 is 38.7 Å². The summed E-state index contributed by atoms with van der Waals surface area (Å²) in [5.41, 5.74) is 6.63. The van der Waals surface area contributed by atoms with Gasteiger partial charge in [-0.2, -0.15) is 0 Å². The van der Waals surface area contributed by atoms with E-state index >= 15 is 0 Å². The highest BCUT2D eigenvalue weighted by Gasteiger charge is 2.11. The molecule has 0 aromatic heterocycles. The van der Waals surface area contributed by atoms with Gasteiger partial charge in [-0.05, 0) is 36.4 Å². The van der Waals surface area contributed by atoms with Crippen molar-refractivity contribution in [2.24, 2.45) is 5.14 Å². The van der Waals surface area contributed by atoms with Crippen molar-refractivity contribution in [3.63, 3.8) is 0 Å². The molecule has 0 spiro atoms. The molecular formula is C12H11ClFN3O2S. The van der Waals surface area contributed by atoms with Gasteiger partial charge in [0.05, 0.1) is 15.6 Å². The van der Waals surface area contributed by atoms with Crippen LogP contribution < -0.4 is 16.2 Å². The van der Waals surface area contributed by atoms with E-state index in [4.69, 9.17) is 22.5 Å². The molecule has 0 unspecified atom stereocenters.